The van der Waals surface area contributed by atoms with Crippen LogP contribution in [0.1, 0.15) is 19.3 Å². The first-order valence-electron chi connectivity index (χ1n) is 7.42. The molecule has 0 aromatic heterocycles. The fourth-order valence-electron chi connectivity index (χ4n) is 1.84. The molecule has 0 saturated carbocycles. The molecule has 0 aromatic carbocycles. The van der Waals surface area contributed by atoms with Crippen molar-refractivity contribution in [3.63, 3.8) is 0 Å². The van der Waals surface area contributed by atoms with Crippen molar-refractivity contribution in [1.82, 2.24) is 14.7 Å². The zero-order valence-electron chi connectivity index (χ0n) is 13.6. The van der Waals surface area contributed by atoms with E-state index in [0.29, 0.717) is 6.54 Å². The molecule has 0 aromatic rings. The molecule has 1 amide bonds. The van der Waals surface area contributed by atoms with Gasteiger partial charge in [-0.05, 0) is 47.6 Å². The van der Waals surface area contributed by atoms with E-state index in [2.05, 4.69) is 9.80 Å². The normalized spacial score (nSPS) is 13.0. The van der Waals surface area contributed by atoms with Crippen LogP contribution in [0, 0.1) is 0 Å². The molecule has 0 fully saturated rings. The maximum atomic E-state index is 12.4. The van der Waals surface area contributed by atoms with E-state index in [4.69, 9.17) is 11.5 Å². The van der Waals surface area contributed by atoms with Crippen molar-refractivity contribution in [1.29, 1.82) is 0 Å². The van der Waals surface area contributed by atoms with E-state index in [-0.39, 0.29) is 5.91 Å². The van der Waals surface area contributed by atoms with Gasteiger partial charge >= 0.3 is 0 Å². The minimum absolute atomic E-state index is 0.0609. The lowest BCUT2D eigenvalue weighted by Crippen LogP contribution is -2.48. The fraction of sp³-hybridized carbons (Fsp3) is 0.929. The Morgan fingerprint density at radius 1 is 0.950 bits per heavy atom. The summed E-state index contributed by atoms with van der Waals surface area (Å²) >= 11 is 0. The molecular formula is C14H33N5O. The van der Waals surface area contributed by atoms with Gasteiger partial charge in [0.25, 0.3) is 0 Å². The van der Waals surface area contributed by atoms with Crippen LogP contribution in [0.3, 0.4) is 0 Å². The molecule has 120 valence electrons. The molecule has 4 N–H and O–H groups in total. The largest absolute Gasteiger partial charge is 0.339 e. The lowest BCUT2D eigenvalue weighted by molar-refractivity contribution is -0.133. The van der Waals surface area contributed by atoms with Gasteiger partial charge in [0.2, 0.25) is 5.91 Å². The highest BCUT2D eigenvalue weighted by molar-refractivity contribution is 5.81. The third-order valence-electron chi connectivity index (χ3n) is 3.23. The van der Waals surface area contributed by atoms with Crippen LogP contribution in [-0.2, 0) is 4.79 Å². The molecule has 1 atom stereocenters. The van der Waals surface area contributed by atoms with E-state index < -0.39 is 6.04 Å². The molecular weight excluding hydrogens is 254 g/mol. The predicted molar refractivity (Wildman–Crippen MR) is 84.6 cm³/mol. The Hall–Kier alpha value is -0.690. The molecule has 0 heterocycles. The van der Waals surface area contributed by atoms with Crippen LogP contribution < -0.4 is 11.5 Å². The summed E-state index contributed by atoms with van der Waals surface area (Å²) in [4.78, 5) is 18.4. The summed E-state index contributed by atoms with van der Waals surface area (Å²) in [6.07, 6.45) is 2.56. The van der Waals surface area contributed by atoms with Gasteiger partial charge in [-0.25, -0.2) is 0 Å². The van der Waals surface area contributed by atoms with Crippen molar-refractivity contribution in [3.8, 4) is 0 Å². The quantitative estimate of drug-likeness (QED) is 0.496. The molecule has 0 rings (SSSR count). The molecule has 0 bridgehead atoms. The van der Waals surface area contributed by atoms with Gasteiger partial charge in [-0.3, -0.25) is 4.79 Å². The Morgan fingerprint density at radius 2 is 1.45 bits per heavy atom. The molecule has 0 aliphatic carbocycles. The first kappa shape index (κ1) is 19.3. The summed E-state index contributed by atoms with van der Waals surface area (Å²) in [5, 5.41) is 0. The average Bonchev–Trinajstić information content (AvgIpc) is 2.37. The van der Waals surface area contributed by atoms with Crippen LogP contribution in [0.25, 0.3) is 0 Å². The SMILES string of the molecule is CN(C)CCN(CCN(C)C)C(=O)C(N)CCCCN. The number of hydrogen-bond acceptors (Lipinski definition) is 5. The minimum Gasteiger partial charge on any atom is -0.339 e. The van der Waals surface area contributed by atoms with Crippen LogP contribution in [0.15, 0.2) is 0 Å². The monoisotopic (exact) mass is 287 g/mol. The fourth-order valence-corrected chi connectivity index (χ4v) is 1.84. The van der Waals surface area contributed by atoms with E-state index in [9.17, 15) is 4.79 Å². The number of likely N-dealkylation sites (N-methyl/N-ethyl adjacent to an activating group) is 2. The van der Waals surface area contributed by atoms with Gasteiger partial charge < -0.3 is 26.2 Å². The van der Waals surface area contributed by atoms with Gasteiger partial charge in [0.1, 0.15) is 0 Å². The number of hydrogen-bond donors (Lipinski definition) is 2. The molecule has 0 aliphatic rings. The second kappa shape index (κ2) is 11.0. The van der Waals surface area contributed by atoms with Gasteiger partial charge in [-0.2, -0.15) is 0 Å². The standard InChI is InChI=1S/C14H33N5O/c1-17(2)9-11-19(12-10-18(3)4)14(20)13(16)7-5-6-8-15/h13H,5-12,15-16H2,1-4H3. The highest BCUT2D eigenvalue weighted by atomic mass is 16.2. The number of unbranched alkanes of at least 4 members (excludes halogenated alkanes) is 1. The number of nitrogens with zero attached hydrogens (tertiary/aromatic N) is 3. The number of carbonyl (C=O) groups excluding carboxylic acids is 1. The third kappa shape index (κ3) is 9.25. The van der Waals surface area contributed by atoms with E-state index in [1.54, 1.807) is 0 Å². The smallest absolute Gasteiger partial charge is 0.239 e. The number of rotatable bonds is 11. The minimum atomic E-state index is -0.397. The Kier molecular flexibility index (Phi) is 10.6. The number of carbonyl (C=O) groups is 1. The molecule has 20 heavy (non-hydrogen) atoms. The summed E-state index contributed by atoms with van der Waals surface area (Å²) in [7, 11) is 8.04. The summed E-state index contributed by atoms with van der Waals surface area (Å²) in [5.74, 6) is 0.0609. The first-order valence-corrected chi connectivity index (χ1v) is 7.42. The summed E-state index contributed by atoms with van der Waals surface area (Å²) < 4.78 is 0. The van der Waals surface area contributed by atoms with Crippen molar-refractivity contribution in [2.45, 2.75) is 25.3 Å². The highest BCUT2D eigenvalue weighted by Crippen LogP contribution is 2.03. The third-order valence-corrected chi connectivity index (χ3v) is 3.23. The molecule has 1 unspecified atom stereocenters. The van der Waals surface area contributed by atoms with Crippen LogP contribution in [0.5, 0.6) is 0 Å². The Bertz CT molecular complexity index is 246. The first-order chi connectivity index (χ1) is 9.38. The topological polar surface area (TPSA) is 78.8 Å². The van der Waals surface area contributed by atoms with Crippen molar-refractivity contribution < 1.29 is 4.79 Å². The van der Waals surface area contributed by atoms with E-state index in [0.717, 1.165) is 45.4 Å². The maximum absolute atomic E-state index is 12.4. The van der Waals surface area contributed by atoms with Crippen LogP contribution in [0.2, 0.25) is 0 Å². The van der Waals surface area contributed by atoms with Crippen molar-refractivity contribution in [3.05, 3.63) is 0 Å². The van der Waals surface area contributed by atoms with Crippen LogP contribution in [0.4, 0.5) is 0 Å². The molecule has 6 heteroatoms. The summed E-state index contributed by atoms with van der Waals surface area (Å²) in [6, 6.07) is -0.397. The van der Waals surface area contributed by atoms with E-state index >= 15 is 0 Å². The Labute approximate surface area is 124 Å². The maximum Gasteiger partial charge on any atom is 0.239 e. The van der Waals surface area contributed by atoms with Gasteiger partial charge in [0, 0.05) is 26.2 Å². The van der Waals surface area contributed by atoms with Crippen molar-refractivity contribution in [2.24, 2.45) is 11.5 Å². The number of amides is 1. The van der Waals surface area contributed by atoms with Crippen molar-refractivity contribution >= 4 is 5.91 Å². The van der Waals surface area contributed by atoms with Gasteiger partial charge in [0.05, 0.1) is 6.04 Å². The second-order valence-corrected chi connectivity index (χ2v) is 5.82. The van der Waals surface area contributed by atoms with Crippen molar-refractivity contribution in [2.75, 3.05) is 60.9 Å². The Balaban J connectivity index is 4.36. The zero-order chi connectivity index (χ0) is 15.5. The lowest BCUT2D eigenvalue weighted by atomic mass is 10.1. The summed E-state index contributed by atoms with van der Waals surface area (Å²) in [5.41, 5.74) is 11.5. The van der Waals surface area contributed by atoms with Crippen LogP contribution in [-0.4, -0.2) is 87.6 Å². The predicted octanol–water partition coefficient (Wildman–Crippen LogP) is -0.605. The molecule has 0 aliphatic heterocycles. The zero-order valence-corrected chi connectivity index (χ0v) is 13.6. The van der Waals surface area contributed by atoms with Gasteiger partial charge in [-0.15, -0.1) is 0 Å². The highest BCUT2D eigenvalue weighted by Gasteiger charge is 2.20. The molecule has 6 nitrogen and oxygen atoms in total. The summed E-state index contributed by atoms with van der Waals surface area (Å²) in [6.45, 7) is 3.82. The number of nitrogens with two attached hydrogens (primary N) is 2. The van der Waals surface area contributed by atoms with Gasteiger partial charge in [0.15, 0.2) is 0 Å². The van der Waals surface area contributed by atoms with E-state index in [1.165, 1.54) is 0 Å². The Morgan fingerprint density at radius 3 is 1.85 bits per heavy atom. The van der Waals surface area contributed by atoms with Gasteiger partial charge in [-0.1, -0.05) is 6.42 Å². The lowest BCUT2D eigenvalue weighted by Gasteiger charge is -2.28. The second-order valence-electron chi connectivity index (χ2n) is 5.82. The molecule has 0 radical (unpaired) electrons. The molecule has 0 saturated heterocycles. The van der Waals surface area contributed by atoms with Crippen LogP contribution >= 0.6 is 0 Å². The average molecular weight is 287 g/mol. The molecule has 0 spiro atoms. The van der Waals surface area contributed by atoms with E-state index in [1.807, 2.05) is 33.1 Å².